The summed E-state index contributed by atoms with van der Waals surface area (Å²) in [5.74, 6) is 1.43. The van der Waals surface area contributed by atoms with Gasteiger partial charge in [-0.15, -0.1) is 11.3 Å². The molecule has 8 heteroatoms. The Kier molecular flexibility index (Phi) is 7.27. The molecule has 2 aromatic carbocycles. The molecule has 0 radical (unpaired) electrons. The van der Waals surface area contributed by atoms with Crippen LogP contribution in [0.15, 0.2) is 64.9 Å². The van der Waals surface area contributed by atoms with Crippen LogP contribution < -0.4 is 19.9 Å². The van der Waals surface area contributed by atoms with Crippen molar-refractivity contribution in [3.05, 3.63) is 76.0 Å². The molecule has 1 aromatic heterocycles. The quantitative estimate of drug-likeness (QED) is 0.480. The average Bonchev–Trinajstić information content (AvgIpc) is 3.23. The van der Waals surface area contributed by atoms with Crippen molar-refractivity contribution in [1.29, 1.82) is 0 Å². The fourth-order valence-electron chi connectivity index (χ4n) is 2.80. The number of hydrogen-bond acceptors (Lipinski definition) is 6. The molecule has 0 aliphatic rings. The molecule has 3 rings (SSSR count). The monoisotopic (exact) mass is 432 g/mol. The number of hydrogen-bond donors (Lipinski definition) is 2. The second kappa shape index (κ2) is 9.89. The number of methoxy groups -OCH3 is 1. The second-order valence-corrected chi connectivity index (χ2v) is 9.06. The predicted molar refractivity (Wildman–Crippen MR) is 115 cm³/mol. The summed E-state index contributed by atoms with van der Waals surface area (Å²) in [6.07, 6.45) is 0.782. The van der Waals surface area contributed by atoms with Crippen molar-refractivity contribution in [2.45, 2.75) is 24.5 Å². The Morgan fingerprint density at radius 1 is 1.03 bits per heavy atom. The summed E-state index contributed by atoms with van der Waals surface area (Å²) in [7, 11) is -2.01. The van der Waals surface area contributed by atoms with Crippen LogP contribution in [0.1, 0.15) is 16.0 Å². The highest BCUT2D eigenvalue weighted by Gasteiger charge is 2.08. The van der Waals surface area contributed by atoms with Crippen LogP contribution in [0.3, 0.4) is 0 Å². The van der Waals surface area contributed by atoms with E-state index in [9.17, 15) is 8.42 Å². The highest BCUT2D eigenvalue weighted by atomic mass is 32.2. The van der Waals surface area contributed by atoms with Gasteiger partial charge in [-0.25, -0.2) is 13.6 Å². The lowest BCUT2D eigenvalue weighted by Crippen LogP contribution is -2.17. The summed E-state index contributed by atoms with van der Waals surface area (Å²) in [5, 5.41) is 10.5. The normalized spacial score (nSPS) is 11.4. The molecule has 0 aliphatic carbocycles. The van der Waals surface area contributed by atoms with Crippen LogP contribution in [-0.4, -0.2) is 22.1 Å². The van der Waals surface area contributed by atoms with Crippen LogP contribution in [0.25, 0.3) is 0 Å². The highest BCUT2D eigenvalue weighted by Crippen LogP contribution is 2.29. The largest absolute Gasteiger partial charge is 0.493 e. The highest BCUT2D eigenvalue weighted by molar-refractivity contribution is 7.89. The van der Waals surface area contributed by atoms with E-state index >= 15 is 0 Å². The van der Waals surface area contributed by atoms with E-state index in [-0.39, 0.29) is 4.90 Å². The minimum absolute atomic E-state index is 0.127. The second-order valence-electron chi connectivity index (χ2n) is 6.47. The van der Waals surface area contributed by atoms with Crippen LogP contribution in [0.4, 0.5) is 0 Å². The van der Waals surface area contributed by atoms with Crippen molar-refractivity contribution in [2.24, 2.45) is 5.14 Å². The molecule has 0 fully saturated rings. The SMILES string of the molecule is COc1cc(CNCCc2ccc(S(N)(=O)=O)cc2)ccc1OCc1cccs1. The fraction of sp³-hybridized carbons (Fsp3) is 0.238. The van der Waals surface area contributed by atoms with Crippen LogP contribution >= 0.6 is 11.3 Å². The molecule has 0 saturated carbocycles. The standard InChI is InChI=1S/C21H24N2O4S2/c1-26-21-13-17(6-9-20(21)27-15-18-3-2-12-28-18)14-23-11-10-16-4-7-19(8-5-16)29(22,24)25/h2-9,12-13,23H,10-11,14-15H2,1H3,(H2,22,24,25). The number of rotatable bonds is 10. The van der Waals surface area contributed by atoms with E-state index in [0.29, 0.717) is 18.9 Å². The van der Waals surface area contributed by atoms with Gasteiger partial charge in [-0.2, -0.15) is 0 Å². The van der Waals surface area contributed by atoms with Gasteiger partial charge in [-0.05, 0) is 59.8 Å². The molecule has 1 heterocycles. The molecule has 0 saturated heterocycles. The first kappa shape index (κ1) is 21.3. The van der Waals surface area contributed by atoms with E-state index in [1.807, 2.05) is 35.7 Å². The lowest BCUT2D eigenvalue weighted by atomic mass is 10.1. The maximum Gasteiger partial charge on any atom is 0.238 e. The zero-order valence-corrected chi connectivity index (χ0v) is 17.8. The minimum Gasteiger partial charge on any atom is -0.493 e. The fourth-order valence-corrected chi connectivity index (χ4v) is 3.93. The predicted octanol–water partition coefficient (Wildman–Crippen LogP) is 3.32. The molecule has 3 aromatic rings. The number of ether oxygens (including phenoxy) is 2. The first-order chi connectivity index (χ1) is 14.0. The maximum absolute atomic E-state index is 11.3. The van der Waals surface area contributed by atoms with Gasteiger partial charge in [0.15, 0.2) is 11.5 Å². The van der Waals surface area contributed by atoms with Gasteiger partial charge in [-0.1, -0.05) is 24.3 Å². The van der Waals surface area contributed by atoms with E-state index in [0.717, 1.165) is 34.7 Å². The number of benzene rings is 2. The first-order valence-corrected chi connectivity index (χ1v) is 11.5. The van der Waals surface area contributed by atoms with Crippen molar-refractivity contribution >= 4 is 21.4 Å². The van der Waals surface area contributed by atoms with Gasteiger partial charge in [0.05, 0.1) is 12.0 Å². The molecule has 0 aliphatic heterocycles. The van der Waals surface area contributed by atoms with Crippen molar-refractivity contribution in [2.75, 3.05) is 13.7 Å². The Morgan fingerprint density at radius 3 is 2.45 bits per heavy atom. The van der Waals surface area contributed by atoms with Gasteiger partial charge in [0.25, 0.3) is 0 Å². The third-order valence-electron chi connectivity index (χ3n) is 4.35. The molecule has 0 atom stereocenters. The molecule has 29 heavy (non-hydrogen) atoms. The van der Waals surface area contributed by atoms with E-state index in [1.165, 1.54) is 12.1 Å². The van der Waals surface area contributed by atoms with Crippen molar-refractivity contribution < 1.29 is 17.9 Å². The third-order valence-corrected chi connectivity index (χ3v) is 6.13. The summed E-state index contributed by atoms with van der Waals surface area (Å²) in [5.41, 5.74) is 2.13. The van der Waals surface area contributed by atoms with Crippen LogP contribution in [0.5, 0.6) is 11.5 Å². The summed E-state index contributed by atoms with van der Waals surface area (Å²) in [6.45, 7) is 1.97. The number of nitrogens with one attached hydrogen (secondary N) is 1. The number of nitrogens with two attached hydrogens (primary N) is 1. The molecule has 0 bridgehead atoms. The summed E-state index contributed by atoms with van der Waals surface area (Å²) in [6, 6.07) is 16.6. The Morgan fingerprint density at radius 2 is 1.79 bits per heavy atom. The first-order valence-electron chi connectivity index (χ1n) is 9.10. The Balaban J connectivity index is 1.49. The van der Waals surface area contributed by atoms with Crippen molar-refractivity contribution in [3.8, 4) is 11.5 Å². The zero-order chi connectivity index (χ0) is 20.7. The van der Waals surface area contributed by atoms with E-state index < -0.39 is 10.0 Å². The summed E-state index contributed by atoms with van der Waals surface area (Å²) < 4.78 is 33.9. The topological polar surface area (TPSA) is 90.6 Å². The summed E-state index contributed by atoms with van der Waals surface area (Å²) in [4.78, 5) is 1.29. The molecule has 0 unspecified atom stereocenters. The average molecular weight is 433 g/mol. The zero-order valence-electron chi connectivity index (χ0n) is 16.1. The van der Waals surface area contributed by atoms with Crippen LogP contribution in [-0.2, 0) is 29.6 Å². The van der Waals surface area contributed by atoms with Gasteiger partial charge in [-0.3, -0.25) is 0 Å². The number of primary sulfonamides is 1. The third kappa shape index (κ3) is 6.30. The van der Waals surface area contributed by atoms with Gasteiger partial charge < -0.3 is 14.8 Å². The number of sulfonamides is 1. The van der Waals surface area contributed by atoms with Gasteiger partial charge >= 0.3 is 0 Å². The number of thiophene rings is 1. The Hall–Kier alpha value is -2.39. The minimum atomic E-state index is -3.65. The van der Waals surface area contributed by atoms with E-state index in [4.69, 9.17) is 14.6 Å². The van der Waals surface area contributed by atoms with E-state index in [1.54, 1.807) is 30.6 Å². The smallest absolute Gasteiger partial charge is 0.238 e. The maximum atomic E-state index is 11.3. The Labute approximate surface area is 175 Å². The molecule has 6 nitrogen and oxygen atoms in total. The lowest BCUT2D eigenvalue weighted by molar-refractivity contribution is 0.287. The molecular formula is C21H24N2O4S2. The van der Waals surface area contributed by atoms with Gasteiger partial charge in [0, 0.05) is 11.4 Å². The van der Waals surface area contributed by atoms with Crippen molar-refractivity contribution in [3.63, 3.8) is 0 Å². The van der Waals surface area contributed by atoms with Crippen LogP contribution in [0.2, 0.25) is 0 Å². The van der Waals surface area contributed by atoms with Crippen LogP contribution in [0, 0.1) is 0 Å². The van der Waals surface area contributed by atoms with E-state index in [2.05, 4.69) is 5.32 Å². The lowest BCUT2D eigenvalue weighted by Gasteiger charge is -2.12. The summed E-state index contributed by atoms with van der Waals surface area (Å²) >= 11 is 1.66. The molecule has 0 amide bonds. The van der Waals surface area contributed by atoms with Gasteiger partial charge in [0.2, 0.25) is 10.0 Å². The molecule has 154 valence electrons. The Bertz CT molecular complexity index is 1020. The molecule has 3 N–H and O–H groups in total. The van der Waals surface area contributed by atoms with Crippen molar-refractivity contribution in [1.82, 2.24) is 5.32 Å². The molecule has 0 spiro atoms. The molecular weight excluding hydrogens is 408 g/mol. The van der Waals surface area contributed by atoms with Gasteiger partial charge in [0.1, 0.15) is 6.61 Å².